The molecular weight excluding hydrogens is 506 g/mol. The molecule has 206 valence electrons. The summed E-state index contributed by atoms with van der Waals surface area (Å²) in [5.74, 6) is -0.842. The highest BCUT2D eigenvalue weighted by atomic mass is 32.2. The van der Waals surface area contributed by atoms with E-state index in [1.165, 1.54) is 24.5 Å². The van der Waals surface area contributed by atoms with Gasteiger partial charge in [0.1, 0.15) is 29.7 Å². The Bertz CT molecular complexity index is 1360. The first-order valence-corrected chi connectivity index (χ1v) is 14.5. The lowest BCUT2D eigenvalue weighted by atomic mass is 10.0. The lowest BCUT2D eigenvalue weighted by Gasteiger charge is -2.13. The first kappa shape index (κ1) is 32.6. The molecule has 0 amide bonds. The van der Waals surface area contributed by atoms with Crippen molar-refractivity contribution in [3.63, 3.8) is 0 Å². The van der Waals surface area contributed by atoms with E-state index >= 15 is 0 Å². The van der Waals surface area contributed by atoms with Crippen molar-refractivity contribution in [1.29, 1.82) is 0 Å². The first-order valence-electron chi connectivity index (χ1n) is 12.6. The third-order valence-corrected chi connectivity index (χ3v) is 6.32. The molecule has 7 heteroatoms. The Balaban J connectivity index is 0.00000172. The fourth-order valence-corrected chi connectivity index (χ4v) is 4.06. The maximum Gasteiger partial charge on any atom is 0.175 e. The van der Waals surface area contributed by atoms with E-state index < -0.39 is 21.5 Å². The van der Waals surface area contributed by atoms with Gasteiger partial charge in [0.15, 0.2) is 9.84 Å². The maximum atomic E-state index is 13.9. The van der Waals surface area contributed by atoms with Crippen molar-refractivity contribution in [2.24, 2.45) is 0 Å². The molecular formula is C31H38F2O4S. The highest BCUT2D eigenvalue weighted by molar-refractivity contribution is 7.90. The first-order chi connectivity index (χ1) is 18.0. The Morgan fingerprint density at radius 3 is 2.24 bits per heavy atom. The third kappa shape index (κ3) is 10.1. The number of ether oxygens (including phenoxy) is 1. The Hall–Kier alpha value is -3.45. The Kier molecular flexibility index (Phi) is 13.5. The van der Waals surface area contributed by atoms with Crippen LogP contribution in [0.2, 0.25) is 0 Å². The number of rotatable bonds is 8. The van der Waals surface area contributed by atoms with E-state index in [4.69, 9.17) is 4.74 Å². The second-order valence-electron chi connectivity index (χ2n) is 8.16. The van der Waals surface area contributed by atoms with E-state index in [-0.39, 0.29) is 22.8 Å². The predicted octanol–water partition coefficient (Wildman–Crippen LogP) is 8.30. The van der Waals surface area contributed by atoms with Crippen molar-refractivity contribution in [3.05, 3.63) is 107 Å². The fraction of sp³-hybridized carbons (Fsp3) is 0.290. The number of sulfone groups is 1. The molecule has 38 heavy (non-hydrogen) atoms. The van der Waals surface area contributed by atoms with Crippen LogP contribution in [0, 0.1) is 11.6 Å². The van der Waals surface area contributed by atoms with Gasteiger partial charge in [-0.05, 0) is 73.9 Å². The number of halogens is 2. The Labute approximate surface area is 226 Å². The summed E-state index contributed by atoms with van der Waals surface area (Å²) in [4.78, 5) is 0.281. The Morgan fingerprint density at radius 1 is 0.921 bits per heavy atom. The van der Waals surface area contributed by atoms with Crippen molar-refractivity contribution >= 4 is 15.4 Å². The van der Waals surface area contributed by atoms with E-state index in [0.717, 1.165) is 22.8 Å². The summed E-state index contributed by atoms with van der Waals surface area (Å²) in [7, 11) is -3.27. The molecule has 0 unspecified atom stereocenters. The summed E-state index contributed by atoms with van der Waals surface area (Å²) < 4.78 is 56.4. The van der Waals surface area contributed by atoms with Gasteiger partial charge in [-0.25, -0.2) is 17.2 Å². The molecule has 0 spiro atoms. The van der Waals surface area contributed by atoms with Crippen LogP contribution in [-0.4, -0.2) is 19.8 Å². The second kappa shape index (κ2) is 15.7. The number of phenols is 1. The van der Waals surface area contributed by atoms with Gasteiger partial charge in [-0.1, -0.05) is 57.6 Å². The van der Waals surface area contributed by atoms with E-state index in [2.05, 4.69) is 0 Å². The molecule has 0 bridgehead atoms. The van der Waals surface area contributed by atoms with E-state index in [1.54, 1.807) is 30.3 Å². The molecule has 3 rings (SSSR count). The van der Waals surface area contributed by atoms with E-state index in [9.17, 15) is 22.3 Å². The minimum atomic E-state index is -3.27. The van der Waals surface area contributed by atoms with E-state index in [0.29, 0.717) is 17.7 Å². The van der Waals surface area contributed by atoms with Gasteiger partial charge < -0.3 is 9.84 Å². The lowest BCUT2D eigenvalue weighted by molar-refractivity contribution is 0.298. The van der Waals surface area contributed by atoms with Crippen molar-refractivity contribution in [2.45, 2.75) is 59.5 Å². The van der Waals surface area contributed by atoms with Crippen molar-refractivity contribution in [1.82, 2.24) is 0 Å². The predicted molar refractivity (Wildman–Crippen MR) is 152 cm³/mol. The van der Waals surface area contributed by atoms with Crippen LogP contribution in [0.1, 0.15) is 58.2 Å². The van der Waals surface area contributed by atoms with Gasteiger partial charge in [0.2, 0.25) is 0 Å². The highest BCUT2D eigenvalue weighted by Crippen LogP contribution is 2.31. The second-order valence-corrected chi connectivity index (χ2v) is 10.2. The molecule has 0 aliphatic heterocycles. The van der Waals surface area contributed by atoms with Crippen LogP contribution in [0.3, 0.4) is 0 Å². The smallest absolute Gasteiger partial charge is 0.175 e. The summed E-state index contributed by atoms with van der Waals surface area (Å²) in [5, 5.41) is 9.96. The average Bonchev–Trinajstić information content (AvgIpc) is 2.89. The maximum absolute atomic E-state index is 13.9. The molecule has 0 aromatic heterocycles. The van der Waals surface area contributed by atoms with Gasteiger partial charge in [0, 0.05) is 23.4 Å². The molecule has 0 atom stereocenters. The Morgan fingerprint density at radius 2 is 1.61 bits per heavy atom. The topological polar surface area (TPSA) is 63.6 Å². The zero-order valence-corrected chi connectivity index (χ0v) is 24.0. The zero-order valence-electron chi connectivity index (χ0n) is 23.2. The van der Waals surface area contributed by atoms with Crippen LogP contribution >= 0.6 is 0 Å². The van der Waals surface area contributed by atoms with Crippen LogP contribution in [0.4, 0.5) is 8.78 Å². The van der Waals surface area contributed by atoms with Crippen molar-refractivity contribution in [2.75, 3.05) is 6.26 Å². The largest absolute Gasteiger partial charge is 0.508 e. The van der Waals surface area contributed by atoms with Gasteiger partial charge in [0.25, 0.3) is 0 Å². The number of phenolic OH excluding ortho intramolecular Hbond substituents is 1. The molecule has 0 radical (unpaired) electrons. The normalized spacial score (nSPS) is 11.6. The minimum absolute atomic E-state index is 0.0568. The minimum Gasteiger partial charge on any atom is -0.508 e. The summed E-state index contributed by atoms with van der Waals surface area (Å²) in [5.41, 5.74) is 3.53. The average molecular weight is 545 g/mol. The number of aromatic hydroxyl groups is 1. The van der Waals surface area contributed by atoms with Crippen LogP contribution in [0.15, 0.2) is 83.3 Å². The van der Waals surface area contributed by atoms with Gasteiger partial charge in [0.05, 0.1) is 4.90 Å². The standard InChI is InChI=1S/C27H26F2O4S.2C2H6/c1-18(13-20-5-4-6-24(14-20)34(3,31)32)7-8-19(2)25-16-23(30)11-12-27(25)33-17-21-9-10-22(28)15-26(21)29;2*1-2/h4-12,14-16,30H,13,17H2,1-3H3;2*1-2H3/b18-7-,19-8+;;. The highest BCUT2D eigenvalue weighted by Gasteiger charge is 2.10. The summed E-state index contributed by atoms with van der Waals surface area (Å²) in [6, 6.07) is 14.8. The quantitative estimate of drug-likeness (QED) is 0.290. The molecule has 0 heterocycles. The van der Waals surface area contributed by atoms with E-state index in [1.807, 2.05) is 59.8 Å². The lowest BCUT2D eigenvalue weighted by Crippen LogP contribution is -2.01. The summed E-state index contributed by atoms with van der Waals surface area (Å²) in [6.07, 6.45) is 5.53. The number of benzene rings is 3. The zero-order chi connectivity index (χ0) is 28.9. The van der Waals surface area contributed by atoms with Gasteiger partial charge in [-0.15, -0.1) is 0 Å². The molecule has 4 nitrogen and oxygen atoms in total. The molecule has 0 saturated heterocycles. The van der Waals surface area contributed by atoms with Gasteiger partial charge >= 0.3 is 0 Å². The molecule has 1 N–H and O–H groups in total. The number of hydrogen-bond acceptors (Lipinski definition) is 4. The third-order valence-electron chi connectivity index (χ3n) is 5.21. The van der Waals surface area contributed by atoms with Crippen LogP contribution in [-0.2, 0) is 22.9 Å². The number of allylic oxidation sites excluding steroid dienone is 4. The molecule has 0 fully saturated rings. The number of hydrogen-bond donors (Lipinski definition) is 1. The summed E-state index contributed by atoms with van der Waals surface area (Å²) >= 11 is 0. The molecule has 3 aromatic carbocycles. The monoisotopic (exact) mass is 544 g/mol. The van der Waals surface area contributed by atoms with Gasteiger partial charge in [-0.3, -0.25) is 0 Å². The molecule has 0 aliphatic carbocycles. The SMILES string of the molecule is C/C(=C/C=C(\C)c1cc(O)ccc1OCc1ccc(F)cc1F)Cc1cccc(S(C)(=O)=O)c1.CC.CC. The van der Waals surface area contributed by atoms with Gasteiger partial charge in [-0.2, -0.15) is 0 Å². The van der Waals surface area contributed by atoms with Crippen molar-refractivity contribution < 1.29 is 27.0 Å². The molecule has 3 aromatic rings. The fourth-order valence-electron chi connectivity index (χ4n) is 3.37. The molecule has 0 aliphatic rings. The van der Waals surface area contributed by atoms with Crippen LogP contribution in [0.25, 0.3) is 5.57 Å². The molecule has 0 saturated carbocycles. The summed E-state index contributed by atoms with van der Waals surface area (Å²) in [6.45, 7) is 11.7. The van der Waals surface area contributed by atoms with Crippen LogP contribution in [0.5, 0.6) is 11.5 Å². The van der Waals surface area contributed by atoms with Crippen molar-refractivity contribution in [3.8, 4) is 11.5 Å². The van der Waals surface area contributed by atoms with Crippen LogP contribution < -0.4 is 4.74 Å².